The molecule has 2 aromatic rings. The molecule has 6 heteroatoms. The normalized spacial score (nSPS) is 18.6. The summed E-state index contributed by atoms with van der Waals surface area (Å²) in [5, 5.41) is 4.00. The molecule has 0 atom stereocenters. The van der Waals surface area contributed by atoms with Crippen LogP contribution >= 0.6 is 0 Å². The molecule has 1 saturated heterocycles. The van der Waals surface area contributed by atoms with Crippen molar-refractivity contribution in [2.45, 2.75) is 18.8 Å². The van der Waals surface area contributed by atoms with Gasteiger partial charge in [0.05, 0.1) is 14.2 Å². The molecule has 150 valence electrons. The Balaban J connectivity index is 1.51. The minimum absolute atomic E-state index is 0.431. The highest BCUT2D eigenvalue weighted by Gasteiger charge is 2.29. The van der Waals surface area contributed by atoms with Gasteiger partial charge in [0.25, 0.3) is 0 Å². The Morgan fingerprint density at radius 1 is 1.03 bits per heavy atom. The number of piperidine rings is 1. The smallest absolute Gasteiger partial charge is 0.369 e. The largest absolute Gasteiger partial charge is 0.493 e. The summed E-state index contributed by atoms with van der Waals surface area (Å²) < 4.78 is 10.7. The lowest BCUT2D eigenvalue weighted by atomic mass is 9.89. The molecule has 2 heterocycles. The Morgan fingerprint density at radius 2 is 1.76 bits per heavy atom. The molecule has 2 aliphatic rings. The Labute approximate surface area is 170 Å². The minimum Gasteiger partial charge on any atom is -0.493 e. The molecule has 0 amide bonds. The van der Waals surface area contributed by atoms with Gasteiger partial charge in [-0.15, -0.1) is 0 Å². The number of methoxy groups -OCH3 is 2. The second-order valence-corrected chi connectivity index (χ2v) is 7.15. The van der Waals surface area contributed by atoms with E-state index in [9.17, 15) is 4.79 Å². The number of rotatable bonds is 5. The number of hydrogen-bond donors (Lipinski definition) is 0. The summed E-state index contributed by atoms with van der Waals surface area (Å²) in [6.45, 7) is 1.77. The molecule has 0 saturated carbocycles. The van der Waals surface area contributed by atoms with E-state index in [0.717, 1.165) is 31.5 Å². The molecular weight excluding hydrogens is 368 g/mol. The quantitative estimate of drug-likeness (QED) is 0.573. The molecule has 0 spiro atoms. The van der Waals surface area contributed by atoms with E-state index in [1.54, 1.807) is 26.4 Å². The third-order valence-corrected chi connectivity index (χ3v) is 5.46. The van der Waals surface area contributed by atoms with Gasteiger partial charge in [-0.2, -0.15) is 0 Å². The van der Waals surface area contributed by atoms with E-state index >= 15 is 0 Å². The first kappa shape index (κ1) is 19.1. The minimum atomic E-state index is -0.431. The monoisotopic (exact) mass is 392 g/mol. The molecule has 0 aliphatic carbocycles. The van der Waals surface area contributed by atoms with Gasteiger partial charge >= 0.3 is 5.97 Å². The second-order valence-electron chi connectivity index (χ2n) is 7.15. The summed E-state index contributed by atoms with van der Waals surface area (Å²) in [4.78, 5) is 19.5. The van der Waals surface area contributed by atoms with Crippen LogP contribution in [-0.4, -0.2) is 43.9 Å². The van der Waals surface area contributed by atoms with Crippen molar-refractivity contribution in [1.29, 1.82) is 0 Å². The number of nitrogens with zero attached hydrogens (tertiary/aromatic N) is 2. The number of oxime groups is 1. The first-order valence-electron chi connectivity index (χ1n) is 9.72. The summed E-state index contributed by atoms with van der Waals surface area (Å²) in [5.41, 5.74) is 3.11. The SMILES string of the molecule is COc1ccc(C2=NOC(=O)C2=CN2CCC(c3ccccc3)CC2)cc1OC. The Kier molecular flexibility index (Phi) is 5.51. The molecule has 0 N–H and O–H groups in total. The van der Waals surface area contributed by atoms with Gasteiger partial charge in [-0.3, -0.25) is 0 Å². The summed E-state index contributed by atoms with van der Waals surface area (Å²) in [6.07, 6.45) is 3.98. The average Bonchev–Trinajstić information content (AvgIpc) is 3.14. The van der Waals surface area contributed by atoms with E-state index in [4.69, 9.17) is 14.3 Å². The van der Waals surface area contributed by atoms with Gasteiger partial charge in [0.1, 0.15) is 11.3 Å². The lowest BCUT2D eigenvalue weighted by Crippen LogP contribution is -2.30. The average molecular weight is 392 g/mol. The van der Waals surface area contributed by atoms with Crippen LogP contribution in [0.1, 0.15) is 29.9 Å². The molecule has 0 radical (unpaired) electrons. The van der Waals surface area contributed by atoms with Gasteiger partial charge in [-0.1, -0.05) is 35.5 Å². The fourth-order valence-corrected chi connectivity index (χ4v) is 3.86. The molecule has 0 unspecified atom stereocenters. The van der Waals surface area contributed by atoms with Gasteiger partial charge in [0, 0.05) is 24.9 Å². The Bertz CT molecular complexity index is 945. The van der Waals surface area contributed by atoms with Crippen LogP contribution in [0.3, 0.4) is 0 Å². The van der Waals surface area contributed by atoms with Crippen LogP contribution in [0.25, 0.3) is 0 Å². The number of carbonyl (C=O) groups excluding carboxylic acids is 1. The lowest BCUT2D eigenvalue weighted by Gasteiger charge is -2.31. The molecule has 1 fully saturated rings. The predicted octanol–water partition coefficient (Wildman–Crippen LogP) is 3.73. The van der Waals surface area contributed by atoms with Crippen LogP contribution in [0.15, 0.2) is 65.5 Å². The van der Waals surface area contributed by atoms with Crippen molar-refractivity contribution in [3.8, 4) is 11.5 Å². The predicted molar refractivity (Wildman–Crippen MR) is 110 cm³/mol. The summed E-state index contributed by atoms with van der Waals surface area (Å²) >= 11 is 0. The number of ether oxygens (including phenoxy) is 2. The van der Waals surface area contributed by atoms with Gasteiger partial charge in [-0.05, 0) is 42.5 Å². The van der Waals surface area contributed by atoms with Crippen LogP contribution in [-0.2, 0) is 9.63 Å². The highest BCUT2D eigenvalue weighted by Crippen LogP contribution is 2.31. The molecule has 2 aromatic carbocycles. The zero-order chi connectivity index (χ0) is 20.2. The molecular formula is C23H24N2O4. The van der Waals surface area contributed by atoms with E-state index in [-0.39, 0.29) is 0 Å². The van der Waals surface area contributed by atoms with Crippen LogP contribution in [0.5, 0.6) is 11.5 Å². The van der Waals surface area contributed by atoms with E-state index < -0.39 is 5.97 Å². The van der Waals surface area contributed by atoms with E-state index in [1.165, 1.54) is 5.56 Å². The first-order valence-corrected chi connectivity index (χ1v) is 9.72. The van der Waals surface area contributed by atoms with Crippen LogP contribution in [0.4, 0.5) is 0 Å². The van der Waals surface area contributed by atoms with Crippen molar-refractivity contribution < 1.29 is 19.1 Å². The van der Waals surface area contributed by atoms with E-state index in [0.29, 0.717) is 28.7 Å². The maximum atomic E-state index is 12.3. The highest BCUT2D eigenvalue weighted by atomic mass is 16.7. The fourth-order valence-electron chi connectivity index (χ4n) is 3.86. The Morgan fingerprint density at radius 3 is 2.45 bits per heavy atom. The van der Waals surface area contributed by atoms with Crippen LogP contribution in [0, 0.1) is 0 Å². The summed E-state index contributed by atoms with van der Waals surface area (Å²) in [6, 6.07) is 16.0. The van der Waals surface area contributed by atoms with Crippen LogP contribution in [0.2, 0.25) is 0 Å². The van der Waals surface area contributed by atoms with Crippen molar-refractivity contribution in [2.24, 2.45) is 5.16 Å². The molecule has 2 aliphatic heterocycles. The van der Waals surface area contributed by atoms with Gasteiger partial charge < -0.3 is 19.2 Å². The van der Waals surface area contributed by atoms with Crippen LogP contribution < -0.4 is 9.47 Å². The van der Waals surface area contributed by atoms with Crippen molar-refractivity contribution in [3.05, 3.63) is 71.4 Å². The van der Waals surface area contributed by atoms with Gasteiger partial charge in [0.15, 0.2) is 11.5 Å². The first-order chi connectivity index (χ1) is 14.2. The molecule has 6 nitrogen and oxygen atoms in total. The van der Waals surface area contributed by atoms with Gasteiger partial charge in [-0.25, -0.2) is 4.79 Å². The lowest BCUT2D eigenvalue weighted by molar-refractivity contribution is -0.136. The van der Waals surface area contributed by atoms with E-state index in [1.807, 2.05) is 18.3 Å². The number of hydrogen-bond acceptors (Lipinski definition) is 6. The second kappa shape index (κ2) is 8.39. The zero-order valence-corrected chi connectivity index (χ0v) is 16.6. The van der Waals surface area contributed by atoms with E-state index in [2.05, 4.69) is 34.3 Å². The topological polar surface area (TPSA) is 60.4 Å². The summed E-state index contributed by atoms with van der Waals surface area (Å²) in [7, 11) is 3.16. The fraction of sp³-hybridized carbons (Fsp3) is 0.304. The number of carbonyl (C=O) groups is 1. The molecule has 4 rings (SSSR count). The maximum Gasteiger partial charge on any atom is 0.369 e. The molecule has 29 heavy (non-hydrogen) atoms. The summed E-state index contributed by atoms with van der Waals surface area (Å²) in [5.74, 6) is 1.33. The number of benzene rings is 2. The standard InChI is InChI=1S/C23H24N2O4/c1-27-20-9-8-18(14-21(20)28-2)22-19(23(26)29-24-22)15-25-12-10-17(11-13-25)16-6-4-3-5-7-16/h3-9,14-15,17H,10-13H2,1-2H3. The highest BCUT2D eigenvalue weighted by molar-refractivity contribution is 6.28. The maximum absolute atomic E-state index is 12.3. The Hall–Kier alpha value is -3.28. The molecule has 0 bridgehead atoms. The van der Waals surface area contributed by atoms with Crippen molar-refractivity contribution in [2.75, 3.05) is 27.3 Å². The zero-order valence-electron chi connectivity index (χ0n) is 16.6. The number of likely N-dealkylation sites (tertiary alicyclic amines) is 1. The van der Waals surface area contributed by atoms with Crippen molar-refractivity contribution in [1.82, 2.24) is 4.90 Å². The third-order valence-electron chi connectivity index (χ3n) is 5.46. The van der Waals surface area contributed by atoms with Crippen molar-refractivity contribution in [3.63, 3.8) is 0 Å². The molecule has 0 aromatic heterocycles. The third kappa shape index (κ3) is 3.97. The van der Waals surface area contributed by atoms with Gasteiger partial charge in [0.2, 0.25) is 0 Å². The van der Waals surface area contributed by atoms with Crippen molar-refractivity contribution >= 4 is 11.7 Å².